The highest BCUT2D eigenvalue weighted by Crippen LogP contribution is 2.22. The second-order valence-electron chi connectivity index (χ2n) is 4.85. The van der Waals surface area contributed by atoms with E-state index >= 15 is 0 Å². The molecule has 1 unspecified atom stereocenters. The number of nitrogens with zero attached hydrogens (tertiary/aromatic N) is 2. The van der Waals surface area contributed by atoms with Crippen molar-refractivity contribution in [2.75, 3.05) is 32.2 Å². The van der Waals surface area contributed by atoms with E-state index in [0.717, 1.165) is 22.3 Å². The van der Waals surface area contributed by atoms with Crippen LogP contribution in [-0.4, -0.2) is 43.5 Å². The molecule has 0 amide bonds. The molecule has 0 radical (unpaired) electrons. The standard InChI is InChI=1S/C15H21N3O2/c1-18(9-12(19)10-20-2)15-7-11(8-16)13-5-3-4-6-14(13)17-15/h3-7,12,19H,8-10,16H2,1-2H3. The van der Waals surface area contributed by atoms with Crippen molar-refractivity contribution in [3.8, 4) is 0 Å². The predicted octanol–water partition coefficient (Wildman–Crippen LogP) is 1.14. The molecule has 5 heteroatoms. The lowest BCUT2D eigenvalue weighted by atomic mass is 10.1. The number of benzene rings is 1. The third-order valence-electron chi connectivity index (χ3n) is 3.24. The third kappa shape index (κ3) is 3.25. The molecule has 2 aromatic rings. The first-order valence-corrected chi connectivity index (χ1v) is 6.62. The van der Waals surface area contributed by atoms with Crippen molar-refractivity contribution in [2.45, 2.75) is 12.6 Å². The Labute approximate surface area is 119 Å². The number of pyridine rings is 1. The number of hydrogen-bond acceptors (Lipinski definition) is 5. The quantitative estimate of drug-likeness (QED) is 0.827. The summed E-state index contributed by atoms with van der Waals surface area (Å²) in [6.07, 6.45) is -0.542. The largest absolute Gasteiger partial charge is 0.389 e. The Morgan fingerprint density at radius 1 is 1.40 bits per heavy atom. The summed E-state index contributed by atoms with van der Waals surface area (Å²) in [5.41, 5.74) is 7.79. The van der Waals surface area contributed by atoms with E-state index in [9.17, 15) is 5.11 Å². The van der Waals surface area contributed by atoms with Crippen LogP contribution in [0, 0.1) is 0 Å². The Kier molecular flexibility index (Phi) is 4.89. The fraction of sp³-hybridized carbons (Fsp3) is 0.400. The molecule has 5 nitrogen and oxygen atoms in total. The number of hydrogen-bond donors (Lipinski definition) is 2. The Bertz CT molecular complexity index is 574. The summed E-state index contributed by atoms with van der Waals surface area (Å²) in [7, 11) is 3.47. The van der Waals surface area contributed by atoms with Gasteiger partial charge < -0.3 is 20.5 Å². The van der Waals surface area contributed by atoms with Gasteiger partial charge in [0.05, 0.1) is 18.2 Å². The molecule has 0 saturated carbocycles. The number of methoxy groups -OCH3 is 1. The molecule has 0 aliphatic carbocycles. The van der Waals surface area contributed by atoms with Gasteiger partial charge in [-0.05, 0) is 17.7 Å². The smallest absolute Gasteiger partial charge is 0.129 e. The molecule has 0 aliphatic rings. The molecule has 1 heterocycles. The molecule has 0 spiro atoms. The highest BCUT2D eigenvalue weighted by molar-refractivity contribution is 5.84. The minimum Gasteiger partial charge on any atom is -0.389 e. The Morgan fingerprint density at radius 2 is 2.15 bits per heavy atom. The zero-order valence-electron chi connectivity index (χ0n) is 11.9. The number of para-hydroxylation sites is 1. The van der Waals surface area contributed by atoms with Gasteiger partial charge in [0, 0.05) is 32.6 Å². The van der Waals surface area contributed by atoms with E-state index in [4.69, 9.17) is 10.5 Å². The predicted molar refractivity (Wildman–Crippen MR) is 80.8 cm³/mol. The SMILES string of the molecule is COCC(O)CN(C)c1cc(CN)c2ccccc2n1. The van der Waals surface area contributed by atoms with Crippen LogP contribution >= 0.6 is 0 Å². The number of nitrogens with two attached hydrogens (primary N) is 1. The van der Waals surface area contributed by atoms with Gasteiger partial charge in [0.2, 0.25) is 0 Å². The first kappa shape index (κ1) is 14.7. The van der Waals surface area contributed by atoms with Gasteiger partial charge in [0.1, 0.15) is 5.82 Å². The highest BCUT2D eigenvalue weighted by atomic mass is 16.5. The van der Waals surface area contributed by atoms with Crippen molar-refractivity contribution in [1.82, 2.24) is 4.98 Å². The zero-order valence-corrected chi connectivity index (χ0v) is 11.9. The van der Waals surface area contributed by atoms with Crippen LogP contribution in [0.15, 0.2) is 30.3 Å². The number of rotatable bonds is 6. The number of aromatic nitrogens is 1. The van der Waals surface area contributed by atoms with E-state index < -0.39 is 6.10 Å². The summed E-state index contributed by atoms with van der Waals surface area (Å²) >= 11 is 0. The third-order valence-corrected chi connectivity index (χ3v) is 3.24. The summed E-state index contributed by atoms with van der Waals surface area (Å²) < 4.78 is 4.94. The fourth-order valence-corrected chi connectivity index (χ4v) is 2.25. The summed E-state index contributed by atoms with van der Waals surface area (Å²) in [5.74, 6) is 0.805. The lowest BCUT2D eigenvalue weighted by Gasteiger charge is -2.22. The van der Waals surface area contributed by atoms with Crippen molar-refractivity contribution >= 4 is 16.7 Å². The van der Waals surface area contributed by atoms with Crippen LogP contribution in [0.1, 0.15) is 5.56 Å². The summed E-state index contributed by atoms with van der Waals surface area (Å²) in [6, 6.07) is 9.90. The zero-order chi connectivity index (χ0) is 14.5. The highest BCUT2D eigenvalue weighted by Gasteiger charge is 2.12. The minimum atomic E-state index is -0.542. The van der Waals surface area contributed by atoms with Gasteiger partial charge in [0.25, 0.3) is 0 Å². The first-order valence-electron chi connectivity index (χ1n) is 6.62. The molecule has 0 saturated heterocycles. The van der Waals surface area contributed by atoms with Gasteiger partial charge in [-0.25, -0.2) is 4.98 Å². The van der Waals surface area contributed by atoms with Crippen molar-refractivity contribution in [1.29, 1.82) is 0 Å². The van der Waals surface area contributed by atoms with Crippen molar-refractivity contribution in [2.24, 2.45) is 5.73 Å². The lowest BCUT2D eigenvalue weighted by molar-refractivity contribution is 0.0694. The van der Waals surface area contributed by atoms with Gasteiger partial charge in [-0.3, -0.25) is 0 Å². The Balaban J connectivity index is 2.30. The first-order chi connectivity index (χ1) is 9.65. The van der Waals surface area contributed by atoms with Gasteiger partial charge in [-0.2, -0.15) is 0 Å². The topological polar surface area (TPSA) is 71.6 Å². The monoisotopic (exact) mass is 275 g/mol. The van der Waals surface area contributed by atoms with E-state index in [1.54, 1.807) is 7.11 Å². The second kappa shape index (κ2) is 6.65. The number of aliphatic hydroxyl groups excluding tert-OH is 1. The maximum atomic E-state index is 9.80. The molecule has 108 valence electrons. The molecule has 0 bridgehead atoms. The summed E-state index contributed by atoms with van der Waals surface area (Å²) in [5, 5.41) is 10.9. The van der Waals surface area contributed by atoms with Crippen molar-refractivity contribution < 1.29 is 9.84 Å². The molecule has 0 aliphatic heterocycles. The van der Waals surface area contributed by atoms with Crippen LogP contribution in [0.4, 0.5) is 5.82 Å². The van der Waals surface area contributed by atoms with E-state index in [-0.39, 0.29) is 0 Å². The second-order valence-corrected chi connectivity index (χ2v) is 4.85. The van der Waals surface area contributed by atoms with Crippen LogP contribution in [-0.2, 0) is 11.3 Å². The maximum absolute atomic E-state index is 9.80. The van der Waals surface area contributed by atoms with Gasteiger partial charge in [0.15, 0.2) is 0 Å². The molecule has 1 aromatic heterocycles. The fourth-order valence-electron chi connectivity index (χ4n) is 2.25. The Hall–Kier alpha value is -1.69. The molecule has 2 rings (SSSR count). The normalized spacial score (nSPS) is 12.6. The summed E-state index contributed by atoms with van der Waals surface area (Å²) in [6.45, 7) is 1.23. The van der Waals surface area contributed by atoms with Crippen LogP contribution in [0.5, 0.6) is 0 Å². The van der Waals surface area contributed by atoms with Crippen LogP contribution in [0.25, 0.3) is 10.9 Å². The van der Waals surface area contributed by atoms with E-state index in [0.29, 0.717) is 19.7 Å². The number of aliphatic hydroxyl groups is 1. The molecular formula is C15H21N3O2. The number of anilines is 1. The Morgan fingerprint density at radius 3 is 2.85 bits per heavy atom. The van der Waals surface area contributed by atoms with E-state index in [2.05, 4.69) is 4.98 Å². The van der Waals surface area contributed by atoms with Crippen LogP contribution in [0.3, 0.4) is 0 Å². The van der Waals surface area contributed by atoms with Crippen molar-refractivity contribution in [3.63, 3.8) is 0 Å². The van der Waals surface area contributed by atoms with Crippen LogP contribution in [0.2, 0.25) is 0 Å². The van der Waals surface area contributed by atoms with Crippen LogP contribution < -0.4 is 10.6 Å². The molecule has 0 fully saturated rings. The molecular weight excluding hydrogens is 254 g/mol. The van der Waals surface area contributed by atoms with E-state index in [1.165, 1.54) is 0 Å². The average Bonchev–Trinajstić information content (AvgIpc) is 2.46. The maximum Gasteiger partial charge on any atom is 0.129 e. The molecule has 1 aromatic carbocycles. The average molecular weight is 275 g/mol. The summed E-state index contributed by atoms with van der Waals surface area (Å²) in [4.78, 5) is 6.53. The number of likely N-dealkylation sites (N-methyl/N-ethyl adjacent to an activating group) is 1. The lowest BCUT2D eigenvalue weighted by Crippen LogP contribution is -2.32. The number of fused-ring (bicyclic) bond motifs is 1. The van der Waals surface area contributed by atoms with Gasteiger partial charge in [-0.15, -0.1) is 0 Å². The number of ether oxygens (including phenoxy) is 1. The van der Waals surface area contributed by atoms with Gasteiger partial charge >= 0.3 is 0 Å². The van der Waals surface area contributed by atoms with Gasteiger partial charge in [-0.1, -0.05) is 18.2 Å². The molecule has 20 heavy (non-hydrogen) atoms. The van der Waals surface area contributed by atoms with E-state index in [1.807, 2.05) is 42.3 Å². The molecule has 1 atom stereocenters. The van der Waals surface area contributed by atoms with Crippen molar-refractivity contribution in [3.05, 3.63) is 35.9 Å². The minimum absolute atomic E-state index is 0.307. The molecule has 3 N–H and O–H groups in total.